The van der Waals surface area contributed by atoms with E-state index in [0.717, 1.165) is 86.0 Å². The van der Waals surface area contributed by atoms with Crippen LogP contribution in [-0.4, -0.2) is 49.2 Å². The van der Waals surface area contributed by atoms with E-state index in [9.17, 15) is 4.39 Å². The summed E-state index contributed by atoms with van der Waals surface area (Å²) in [7, 11) is 0. The second-order valence-electron chi connectivity index (χ2n) is 10.4. The van der Waals surface area contributed by atoms with Crippen molar-refractivity contribution in [2.45, 2.75) is 51.5 Å². The van der Waals surface area contributed by atoms with Gasteiger partial charge in [-0.25, -0.2) is 9.37 Å². The first-order chi connectivity index (χ1) is 17.1. The Morgan fingerprint density at radius 1 is 1.26 bits per heavy atom. The Morgan fingerprint density at radius 2 is 2.17 bits per heavy atom. The first-order valence-corrected chi connectivity index (χ1v) is 13.3. The molecule has 2 fully saturated rings. The summed E-state index contributed by atoms with van der Waals surface area (Å²) in [6, 6.07) is 7.91. The summed E-state index contributed by atoms with van der Waals surface area (Å²) < 4.78 is 14.9. The highest BCUT2D eigenvalue weighted by molar-refractivity contribution is 5.80. The molecule has 0 radical (unpaired) electrons. The molecule has 0 aliphatic carbocycles. The number of nitrogens with two attached hydrogens (primary N) is 1. The number of unbranched alkanes of at least 4 members (excludes halogenated alkanes) is 1. The van der Waals surface area contributed by atoms with E-state index in [0.29, 0.717) is 11.8 Å². The number of pyridine rings is 1. The fourth-order valence-corrected chi connectivity index (χ4v) is 5.83. The molecule has 2 aromatic rings. The van der Waals surface area contributed by atoms with Crippen molar-refractivity contribution in [2.75, 3.05) is 49.9 Å². The summed E-state index contributed by atoms with van der Waals surface area (Å²) in [5.41, 5.74) is 10.9. The fourth-order valence-electron chi connectivity index (χ4n) is 5.83. The maximum absolute atomic E-state index is 14.9. The smallest absolute Gasteiger partial charge is 0.127 e. The van der Waals surface area contributed by atoms with E-state index in [1.807, 2.05) is 25.3 Å². The van der Waals surface area contributed by atoms with Crippen LogP contribution in [0.3, 0.4) is 0 Å². The first-order valence-electron chi connectivity index (χ1n) is 13.3. The van der Waals surface area contributed by atoms with E-state index in [4.69, 9.17) is 5.73 Å². The van der Waals surface area contributed by atoms with Crippen LogP contribution in [0.15, 0.2) is 36.5 Å². The highest BCUT2D eigenvalue weighted by Gasteiger charge is 2.40. The van der Waals surface area contributed by atoms with Gasteiger partial charge in [-0.15, -0.1) is 0 Å². The molecule has 1 aromatic carbocycles. The summed E-state index contributed by atoms with van der Waals surface area (Å²) in [5.74, 6) is 0.769. The number of rotatable bonds is 8. The van der Waals surface area contributed by atoms with E-state index < -0.39 is 0 Å². The number of nitrogens with zero attached hydrogens (tertiary/aromatic N) is 2. The molecular weight excluding hydrogens is 439 g/mol. The number of aromatic nitrogens is 1. The standard InChI is InChI=1S/C28H39FN6/c1-2-20-14-25-22(15-23(20)29)26(35-13-9-28(19-35)8-5-11-31-18-28)16-24(34-25)21-6-7-27(33-17-21)32-12-4-3-10-30/h6-7,14-17,24,31,34H,2-5,8-13,18-19,30H2,1H3,(H,32,33). The monoisotopic (exact) mass is 478 g/mol. The third kappa shape index (κ3) is 5.16. The molecule has 1 aromatic heterocycles. The van der Waals surface area contributed by atoms with Gasteiger partial charge in [0.25, 0.3) is 0 Å². The number of halogens is 1. The average Bonchev–Trinajstić information content (AvgIpc) is 3.29. The largest absolute Gasteiger partial charge is 0.374 e. The van der Waals surface area contributed by atoms with Gasteiger partial charge in [0.1, 0.15) is 11.6 Å². The van der Waals surface area contributed by atoms with Crippen molar-refractivity contribution in [1.29, 1.82) is 0 Å². The molecule has 1 spiro atoms. The molecule has 188 valence electrons. The summed E-state index contributed by atoms with van der Waals surface area (Å²) in [6.07, 6.45) is 10.6. The van der Waals surface area contributed by atoms with Crippen LogP contribution in [0.2, 0.25) is 0 Å². The lowest BCUT2D eigenvalue weighted by Crippen LogP contribution is -2.41. The van der Waals surface area contributed by atoms with E-state index in [2.05, 4.69) is 38.0 Å². The zero-order valence-electron chi connectivity index (χ0n) is 20.9. The van der Waals surface area contributed by atoms with Crippen molar-refractivity contribution in [3.63, 3.8) is 0 Å². The molecule has 7 heteroatoms. The van der Waals surface area contributed by atoms with Crippen LogP contribution in [0, 0.1) is 11.2 Å². The predicted molar refractivity (Wildman–Crippen MR) is 142 cm³/mol. The van der Waals surface area contributed by atoms with Gasteiger partial charge in [-0.1, -0.05) is 13.0 Å². The van der Waals surface area contributed by atoms with Crippen LogP contribution in [-0.2, 0) is 6.42 Å². The zero-order valence-corrected chi connectivity index (χ0v) is 20.9. The normalized spacial score (nSPS) is 23.7. The maximum Gasteiger partial charge on any atom is 0.127 e. The molecule has 0 saturated carbocycles. The van der Waals surface area contributed by atoms with Crippen molar-refractivity contribution < 1.29 is 4.39 Å². The third-order valence-electron chi connectivity index (χ3n) is 7.90. The number of benzene rings is 1. The molecular formula is C28H39FN6. The maximum atomic E-state index is 14.9. The van der Waals surface area contributed by atoms with Gasteiger partial charge >= 0.3 is 0 Å². The van der Waals surface area contributed by atoms with Crippen molar-refractivity contribution in [1.82, 2.24) is 15.2 Å². The molecule has 0 bridgehead atoms. The van der Waals surface area contributed by atoms with E-state index in [1.165, 1.54) is 19.3 Å². The number of aryl methyl sites for hydroxylation is 1. The van der Waals surface area contributed by atoms with Crippen molar-refractivity contribution in [3.05, 3.63) is 59.0 Å². The zero-order chi connectivity index (χ0) is 24.3. The van der Waals surface area contributed by atoms with Crippen LogP contribution in [0.25, 0.3) is 5.70 Å². The highest BCUT2D eigenvalue weighted by Crippen LogP contribution is 2.44. The molecule has 3 aliphatic heterocycles. The Bertz CT molecular complexity index is 1040. The molecule has 0 amide bonds. The number of likely N-dealkylation sites (tertiary alicyclic amines) is 1. The molecule has 6 nitrogen and oxygen atoms in total. The van der Waals surface area contributed by atoms with Crippen LogP contribution >= 0.6 is 0 Å². The van der Waals surface area contributed by atoms with Gasteiger partial charge in [-0.3, -0.25) is 0 Å². The lowest BCUT2D eigenvalue weighted by Gasteiger charge is -2.36. The summed E-state index contributed by atoms with van der Waals surface area (Å²) in [4.78, 5) is 7.14. The van der Waals surface area contributed by atoms with Gasteiger partial charge in [0.15, 0.2) is 0 Å². The van der Waals surface area contributed by atoms with Gasteiger partial charge in [0.05, 0.1) is 6.04 Å². The van der Waals surface area contributed by atoms with E-state index >= 15 is 0 Å². The van der Waals surface area contributed by atoms with Crippen molar-refractivity contribution >= 4 is 17.2 Å². The van der Waals surface area contributed by atoms with Gasteiger partial charge in [0.2, 0.25) is 0 Å². The Labute approximate surface area is 208 Å². The van der Waals surface area contributed by atoms with Gasteiger partial charge in [-0.05, 0) is 87.0 Å². The highest BCUT2D eigenvalue weighted by atomic mass is 19.1. The molecule has 2 saturated heterocycles. The van der Waals surface area contributed by atoms with E-state index in [-0.39, 0.29) is 11.9 Å². The van der Waals surface area contributed by atoms with E-state index in [1.54, 1.807) is 6.07 Å². The average molecular weight is 479 g/mol. The van der Waals surface area contributed by atoms with Crippen molar-refractivity contribution in [2.24, 2.45) is 11.1 Å². The quantitative estimate of drug-likeness (QED) is 0.418. The molecule has 5 rings (SSSR count). The lowest BCUT2D eigenvalue weighted by atomic mass is 9.80. The second kappa shape index (κ2) is 10.5. The molecule has 35 heavy (non-hydrogen) atoms. The Kier molecular flexibility index (Phi) is 7.25. The van der Waals surface area contributed by atoms with Crippen LogP contribution < -0.4 is 21.7 Å². The number of anilines is 2. The summed E-state index contributed by atoms with van der Waals surface area (Å²) in [5, 5.41) is 10.6. The number of nitrogens with one attached hydrogen (secondary N) is 3. The number of fused-ring (bicyclic) bond motifs is 1. The Morgan fingerprint density at radius 3 is 2.91 bits per heavy atom. The van der Waals surface area contributed by atoms with Gasteiger partial charge in [0, 0.05) is 54.7 Å². The van der Waals surface area contributed by atoms with Gasteiger partial charge < -0.3 is 26.6 Å². The predicted octanol–water partition coefficient (Wildman–Crippen LogP) is 4.52. The topological polar surface area (TPSA) is 78.2 Å². The SMILES string of the molecule is CCc1cc2c(cc1F)C(N1CCC3(CCCNC3)C1)=CC(c1ccc(NCCCCN)nc1)N2. The van der Waals surface area contributed by atoms with Crippen LogP contribution in [0.1, 0.15) is 61.8 Å². The van der Waals surface area contributed by atoms with Crippen LogP contribution in [0.5, 0.6) is 0 Å². The molecule has 3 aliphatic rings. The molecule has 2 atom stereocenters. The second-order valence-corrected chi connectivity index (χ2v) is 10.4. The minimum atomic E-state index is -0.114. The Balaban J connectivity index is 1.41. The number of hydrogen-bond donors (Lipinski definition) is 4. The number of hydrogen-bond acceptors (Lipinski definition) is 6. The third-order valence-corrected chi connectivity index (χ3v) is 7.90. The Hall–Kier alpha value is -2.64. The molecule has 2 unspecified atom stereocenters. The molecule has 5 N–H and O–H groups in total. The van der Waals surface area contributed by atoms with Crippen molar-refractivity contribution in [3.8, 4) is 0 Å². The van der Waals surface area contributed by atoms with Gasteiger partial charge in [-0.2, -0.15) is 0 Å². The van der Waals surface area contributed by atoms with Crippen LogP contribution in [0.4, 0.5) is 15.9 Å². The number of piperidine rings is 1. The first kappa shape index (κ1) is 24.1. The minimum Gasteiger partial charge on any atom is -0.374 e. The summed E-state index contributed by atoms with van der Waals surface area (Å²) >= 11 is 0. The molecule has 4 heterocycles. The summed E-state index contributed by atoms with van der Waals surface area (Å²) in [6.45, 7) is 7.84. The lowest BCUT2D eigenvalue weighted by molar-refractivity contribution is 0.221. The minimum absolute atomic E-state index is 0.00696. The fraction of sp³-hybridized carbons (Fsp3) is 0.536.